The van der Waals surface area contributed by atoms with Crippen molar-refractivity contribution in [2.75, 3.05) is 6.54 Å². The molecule has 1 amide bonds. The molecule has 3 rings (SSSR count). The first-order valence-corrected chi connectivity index (χ1v) is 10.3. The van der Waals surface area contributed by atoms with Gasteiger partial charge in [-0.05, 0) is 35.4 Å². The van der Waals surface area contributed by atoms with Crippen molar-refractivity contribution in [1.29, 1.82) is 0 Å². The van der Waals surface area contributed by atoms with Crippen molar-refractivity contribution < 1.29 is 13.2 Å². The van der Waals surface area contributed by atoms with Crippen LogP contribution in [0, 0.1) is 0 Å². The molecule has 0 unspecified atom stereocenters. The number of sulfonamides is 1. The van der Waals surface area contributed by atoms with Crippen LogP contribution in [0.2, 0.25) is 0 Å². The minimum absolute atomic E-state index is 0.0690. The minimum atomic E-state index is -3.86. The third-order valence-electron chi connectivity index (χ3n) is 4.01. The minimum Gasteiger partial charge on any atom is -0.272 e. The lowest BCUT2D eigenvalue weighted by Gasteiger charge is -2.21. The Kier molecular flexibility index (Phi) is 6.83. The fraction of sp³-hybridized carbons (Fsp3) is 0.0952. The number of carbonyl (C=O) groups is 1. The summed E-state index contributed by atoms with van der Waals surface area (Å²) < 4.78 is 27.3. The molecule has 0 fully saturated rings. The Labute approximate surface area is 169 Å². The fourth-order valence-electron chi connectivity index (χ4n) is 2.58. The second-order valence-corrected chi connectivity index (χ2v) is 8.08. The van der Waals surface area contributed by atoms with E-state index in [2.05, 4.69) is 15.5 Å². The zero-order valence-corrected chi connectivity index (χ0v) is 16.4. The molecule has 0 aliphatic heterocycles. The van der Waals surface area contributed by atoms with Gasteiger partial charge in [-0.1, -0.05) is 48.5 Å². The Hall–Kier alpha value is -3.36. The number of nitrogens with one attached hydrogen (secondary N) is 1. The Morgan fingerprint density at radius 2 is 1.59 bits per heavy atom. The van der Waals surface area contributed by atoms with Gasteiger partial charge in [0.1, 0.15) is 0 Å². The van der Waals surface area contributed by atoms with E-state index in [9.17, 15) is 13.2 Å². The molecule has 1 aromatic heterocycles. The number of amides is 1. The predicted octanol–water partition coefficient (Wildman–Crippen LogP) is 2.42. The Balaban J connectivity index is 1.76. The molecule has 0 saturated heterocycles. The summed E-state index contributed by atoms with van der Waals surface area (Å²) in [5.41, 5.74) is 3.92. The lowest BCUT2D eigenvalue weighted by atomic mass is 10.2. The molecule has 7 nitrogen and oxygen atoms in total. The van der Waals surface area contributed by atoms with Crippen LogP contribution in [-0.4, -0.2) is 36.4 Å². The molecular weight excluding hydrogens is 388 g/mol. The maximum absolute atomic E-state index is 13.1. The normalized spacial score (nSPS) is 11.6. The quantitative estimate of drug-likeness (QED) is 0.458. The van der Waals surface area contributed by atoms with Crippen LogP contribution in [0.5, 0.6) is 0 Å². The second kappa shape index (κ2) is 9.72. The lowest BCUT2D eigenvalue weighted by molar-refractivity contribution is -0.121. The van der Waals surface area contributed by atoms with Crippen LogP contribution in [0.15, 0.2) is 95.2 Å². The van der Waals surface area contributed by atoms with Gasteiger partial charge < -0.3 is 0 Å². The summed E-state index contributed by atoms with van der Waals surface area (Å²) in [6.45, 7) is -0.292. The van der Waals surface area contributed by atoms with E-state index in [0.29, 0.717) is 0 Å². The monoisotopic (exact) mass is 408 g/mol. The highest BCUT2D eigenvalue weighted by atomic mass is 32.2. The molecule has 0 saturated carbocycles. The average Bonchev–Trinajstić information content (AvgIpc) is 2.75. The molecule has 8 heteroatoms. The average molecular weight is 408 g/mol. The molecule has 3 aromatic rings. The van der Waals surface area contributed by atoms with E-state index < -0.39 is 15.9 Å². The highest BCUT2D eigenvalue weighted by Gasteiger charge is 2.26. The van der Waals surface area contributed by atoms with Gasteiger partial charge in [-0.25, -0.2) is 13.8 Å². The Morgan fingerprint density at radius 1 is 0.966 bits per heavy atom. The molecule has 0 atom stereocenters. The summed E-state index contributed by atoms with van der Waals surface area (Å²) in [7, 11) is -3.86. The fourth-order valence-corrected chi connectivity index (χ4v) is 3.98. The second-order valence-electron chi connectivity index (χ2n) is 6.15. The van der Waals surface area contributed by atoms with Crippen LogP contribution in [0.1, 0.15) is 11.1 Å². The summed E-state index contributed by atoms with van der Waals surface area (Å²) >= 11 is 0. The van der Waals surface area contributed by atoms with E-state index in [0.717, 1.165) is 15.4 Å². The summed E-state index contributed by atoms with van der Waals surface area (Å²) in [5, 5.41) is 3.88. The Bertz CT molecular complexity index is 1060. The number of aromatic nitrogens is 1. The van der Waals surface area contributed by atoms with Gasteiger partial charge in [0.25, 0.3) is 5.91 Å². The molecule has 0 bridgehead atoms. The van der Waals surface area contributed by atoms with Gasteiger partial charge in [0.15, 0.2) is 0 Å². The van der Waals surface area contributed by atoms with Crippen molar-refractivity contribution >= 4 is 22.1 Å². The molecule has 0 spiro atoms. The largest absolute Gasteiger partial charge is 0.272 e. The van der Waals surface area contributed by atoms with Gasteiger partial charge in [-0.15, -0.1) is 0 Å². The highest BCUT2D eigenvalue weighted by molar-refractivity contribution is 7.89. The lowest BCUT2D eigenvalue weighted by Crippen LogP contribution is -2.39. The molecule has 2 aromatic carbocycles. The maximum Gasteiger partial charge on any atom is 0.255 e. The zero-order chi connectivity index (χ0) is 20.5. The molecule has 0 radical (unpaired) electrons. The van der Waals surface area contributed by atoms with Gasteiger partial charge in [0.2, 0.25) is 10.0 Å². The number of benzene rings is 2. The third kappa shape index (κ3) is 5.81. The van der Waals surface area contributed by atoms with Gasteiger partial charge >= 0.3 is 0 Å². The number of hydrazone groups is 1. The summed E-state index contributed by atoms with van der Waals surface area (Å²) in [6.07, 6.45) is 4.68. The molecule has 0 aliphatic rings. The van der Waals surface area contributed by atoms with Crippen molar-refractivity contribution in [2.24, 2.45) is 5.10 Å². The SMILES string of the molecule is O=C(CN(Cc1ccccc1)S(=O)(=O)c1ccccc1)N/N=C/c1ccncc1. The van der Waals surface area contributed by atoms with Crippen molar-refractivity contribution in [2.45, 2.75) is 11.4 Å². The van der Waals surface area contributed by atoms with Crippen LogP contribution < -0.4 is 5.43 Å². The molecule has 1 N–H and O–H groups in total. The Morgan fingerprint density at radius 3 is 2.24 bits per heavy atom. The van der Waals surface area contributed by atoms with Crippen molar-refractivity contribution in [3.63, 3.8) is 0 Å². The number of nitrogens with zero attached hydrogens (tertiary/aromatic N) is 3. The van der Waals surface area contributed by atoms with Crippen molar-refractivity contribution in [3.05, 3.63) is 96.3 Å². The molecule has 0 aliphatic carbocycles. The van der Waals surface area contributed by atoms with Crippen LogP contribution in [0.4, 0.5) is 0 Å². The van der Waals surface area contributed by atoms with Gasteiger partial charge in [-0.2, -0.15) is 9.41 Å². The summed E-state index contributed by atoms with van der Waals surface area (Å²) in [4.78, 5) is 16.4. The molecule has 29 heavy (non-hydrogen) atoms. The standard InChI is InChI=1S/C21H20N4O3S/c26-21(24-23-15-18-11-13-22-14-12-18)17-25(16-19-7-3-1-4-8-19)29(27,28)20-9-5-2-6-10-20/h1-15H,16-17H2,(H,24,26)/b23-15+. The van der Waals surface area contributed by atoms with E-state index in [4.69, 9.17) is 0 Å². The van der Waals surface area contributed by atoms with E-state index >= 15 is 0 Å². The maximum atomic E-state index is 13.1. The summed E-state index contributed by atoms with van der Waals surface area (Å²) in [5.74, 6) is -0.536. The first-order valence-electron chi connectivity index (χ1n) is 8.87. The highest BCUT2D eigenvalue weighted by Crippen LogP contribution is 2.18. The zero-order valence-electron chi connectivity index (χ0n) is 15.5. The first-order chi connectivity index (χ1) is 14.1. The first kappa shape index (κ1) is 20.4. The number of pyridine rings is 1. The number of carbonyl (C=O) groups excluding carboxylic acids is 1. The number of rotatable bonds is 8. The number of hydrogen-bond acceptors (Lipinski definition) is 5. The number of hydrogen-bond donors (Lipinski definition) is 1. The van der Waals surface area contributed by atoms with Crippen molar-refractivity contribution in [1.82, 2.24) is 14.7 Å². The molecule has 148 valence electrons. The van der Waals surface area contributed by atoms with E-state index in [1.807, 2.05) is 30.3 Å². The van der Waals surface area contributed by atoms with Crippen LogP contribution in [0.25, 0.3) is 0 Å². The predicted molar refractivity (Wildman–Crippen MR) is 110 cm³/mol. The van der Waals surface area contributed by atoms with E-state index in [1.165, 1.54) is 18.3 Å². The molecule has 1 heterocycles. The van der Waals surface area contributed by atoms with E-state index in [1.54, 1.807) is 42.7 Å². The molecular formula is C21H20N4O3S. The van der Waals surface area contributed by atoms with E-state index in [-0.39, 0.29) is 18.0 Å². The van der Waals surface area contributed by atoms with Crippen LogP contribution in [0.3, 0.4) is 0 Å². The smallest absolute Gasteiger partial charge is 0.255 e. The van der Waals surface area contributed by atoms with Crippen molar-refractivity contribution in [3.8, 4) is 0 Å². The van der Waals surface area contributed by atoms with Gasteiger partial charge in [0, 0.05) is 18.9 Å². The topological polar surface area (TPSA) is 91.7 Å². The van der Waals surface area contributed by atoms with Crippen LogP contribution in [-0.2, 0) is 21.4 Å². The van der Waals surface area contributed by atoms with Crippen LogP contribution >= 0.6 is 0 Å². The van der Waals surface area contributed by atoms with Gasteiger partial charge in [-0.3, -0.25) is 9.78 Å². The third-order valence-corrected chi connectivity index (χ3v) is 5.82. The summed E-state index contributed by atoms with van der Waals surface area (Å²) in [6, 6.07) is 20.6. The van der Waals surface area contributed by atoms with Gasteiger partial charge in [0.05, 0.1) is 17.7 Å².